The fourth-order valence-corrected chi connectivity index (χ4v) is 21.5. The molecule has 0 bridgehead atoms. The molecule has 28 aromatic rings. The van der Waals surface area contributed by atoms with Crippen molar-refractivity contribution in [2.24, 2.45) is 0 Å². The van der Waals surface area contributed by atoms with Crippen LogP contribution in [-0.2, 0) is 0 Å². The summed E-state index contributed by atoms with van der Waals surface area (Å²) in [5.41, 5.74) is 31.5. The quantitative estimate of drug-likeness (QED) is 0.108. The maximum Gasteiger partial charge on any atom is 0.145 e. The van der Waals surface area contributed by atoms with E-state index in [9.17, 15) is 0 Å². The molecular weight excluding hydrogens is 1640 g/mol. The second-order valence-electron chi connectivity index (χ2n) is 34.7. The summed E-state index contributed by atoms with van der Waals surface area (Å²) in [5, 5.41) is 23.7. The van der Waals surface area contributed by atoms with Gasteiger partial charge in [0, 0.05) is 140 Å². The minimum Gasteiger partial charge on any atom is -0.294 e. The fourth-order valence-electron chi connectivity index (χ4n) is 21.5. The number of aromatic nitrogens is 14. The van der Waals surface area contributed by atoms with Crippen molar-refractivity contribution in [3.8, 4) is 112 Å². The van der Waals surface area contributed by atoms with Gasteiger partial charge < -0.3 is 0 Å². The van der Waals surface area contributed by atoms with Crippen molar-refractivity contribution in [2.75, 3.05) is 0 Å². The Hall–Kier alpha value is -18.1. The van der Waals surface area contributed by atoms with Crippen LogP contribution in [0.4, 0.5) is 0 Å². The number of nitrogens with zero attached hydrogens (tertiary/aromatic N) is 14. The SMILES string of the molecule is Cc1c(-c2ccccc2)cc(-c2ccccc2)cc1-n1c2cc3ccc4c5c(ccc(c35)c2c2cccnc21)cc1c4c2cccnc2n1-c1cc(-c2ccccc2)cc(-c2ccccc2)c1C.c1cnc2c(c1)c1c3ccc4cc5c(c6ccc(cc1n2-c1cc(-c2ccncc2)nc(-c2ccncc2)c1)c3c46)c1cccnc1n5-c1cc(-c2ccncc2)nc(-c2ccncc2)c1. The highest BCUT2D eigenvalue weighted by Crippen LogP contribution is 2.52. The standard InChI is InChI=1S/C64H42N4.C56H32N10/c1-39-53(43-21-11-5-12-22-43)33-47(41-17-7-3-8-18-41)37-55(39)67-57-35-45-27-30-50-60-46(28-29-49(59(45)60)61(57)51-25-15-31-65-63(51)67)36-58-62(50)52-26-16-32-66-64(52)68(58)56-38-48(42-19-9-4-10-20-42)34-54(40(56)2)44-23-13-6-14-24-44;1-3-43-53-41-7-5-38-28-50-54(44-4-2-18-62-56(44)66(50)40-31-47(35-13-23-59-24-14-35)64-48(32-40)36-15-25-60-26-16-36)42-8-6-37(51(41)52(38)42)27-49(53)65(55(43)61-17-1)39-29-45(33-9-19-57-20-10-33)63-46(30-39)34-11-21-58-22-12-34/h3-38H,1-2H3;1-32H. The van der Waals surface area contributed by atoms with E-state index in [1.165, 1.54) is 120 Å². The van der Waals surface area contributed by atoms with Gasteiger partial charge in [0.05, 0.1) is 67.6 Å². The molecule has 14 aromatic carbocycles. The van der Waals surface area contributed by atoms with Gasteiger partial charge in [-0.05, 0) is 304 Å². The molecule has 0 saturated carbocycles. The molecule has 0 aliphatic heterocycles. The summed E-state index contributed by atoms with van der Waals surface area (Å²) < 4.78 is 9.42. The Bertz CT molecular complexity index is 8950. The zero-order valence-electron chi connectivity index (χ0n) is 72.5. The van der Waals surface area contributed by atoms with Crippen LogP contribution in [0.5, 0.6) is 0 Å². The van der Waals surface area contributed by atoms with Crippen LogP contribution in [0.3, 0.4) is 0 Å². The maximum atomic E-state index is 5.18. The van der Waals surface area contributed by atoms with Crippen molar-refractivity contribution < 1.29 is 0 Å². The van der Waals surface area contributed by atoms with E-state index >= 15 is 0 Å². The summed E-state index contributed by atoms with van der Waals surface area (Å²) in [6, 6.07) is 122. The molecule has 0 amide bonds. The highest BCUT2D eigenvalue weighted by molar-refractivity contribution is 6.39. The number of hydrogen-bond donors (Lipinski definition) is 0. The molecule has 0 atom stereocenters. The Labute approximate surface area is 766 Å². The summed E-state index contributed by atoms with van der Waals surface area (Å²) in [5.74, 6) is 0. The van der Waals surface area contributed by atoms with Crippen LogP contribution in [0, 0.1) is 13.8 Å². The minimum atomic E-state index is 0.844. The van der Waals surface area contributed by atoms with E-state index in [0.717, 1.165) is 156 Å². The predicted molar refractivity (Wildman–Crippen MR) is 549 cm³/mol. The van der Waals surface area contributed by atoms with Gasteiger partial charge in [0.1, 0.15) is 22.6 Å². The van der Waals surface area contributed by atoms with Gasteiger partial charge in [-0.2, -0.15) is 0 Å². The lowest BCUT2D eigenvalue weighted by molar-refractivity contribution is 1.12. The minimum absolute atomic E-state index is 0.844. The normalized spacial score (nSPS) is 12.0. The van der Waals surface area contributed by atoms with E-state index in [0.29, 0.717) is 0 Å². The topological polar surface area (TPSA) is 149 Å². The van der Waals surface area contributed by atoms with E-state index in [2.05, 4.69) is 331 Å². The zero-order chi connectivity index (χ0) is 88.3. The Morgan fingerprint density at radius 1 is 0.187 bits per heavy atom. The number of hydrogen-bond acceptors (Lipinski definition) is 10. The third-order valence-corrected chi connectivity index (χ3v) is 27.4. The van der Waals surface area contributed by atoms with Crippen molar-refractivity contribution >= 4 is 152 Å². The molecule has 14 nitrogen and oxygen atoms in total. The van der Waals surface area contributed by atoms with E-state index in [1.54, 1.807) is 49.6 Å². The lowest BCUT2D eigenvalue weighted by atomic mass is 9.90. The molecule has 0 aliphatic rings. The molecular formula is C120H74N14. The molecule has 134 heavy (non-hydrogen) atoms. The molecule has 14 aromatic heterocycles. The first-order valence-corrected chi connectivity index (χ1v) is 45.1. The summed E-state index contributed by atoms with van der Waals surface area (Å²) >= 11 is 0. The molecule has 28 rings (SSSR count). The van der Waals surface area contributed by atoms with E-state index in [1.807, 2.05) is 85.5 Å². The van der Waals surface area contributed by atoms with Gasteiger partial charge in [0.2, 0.25) is 0 Å². The van der Waals surface area contributed by atoms with Crippen molar-refractivity contribution in [1.29, 1.82) is 0 Å². The van der Waals surface area contributed by atoms with Crippen molar-refractivity contribution in [1.82, 2.24) is 68.1 Å². The van der Waals surface area contributed by atoms with Crippen molar-refractivity contribution in [2.45, 2.75) is 13.8 Å². The van der Waals surface area contributed by atoms with Gasteiger partial charge in [-0.1, -0.05) is 170 Å². The number of rotatable bonds is 12. The van der Waals surface area contributed by atoms with Crippen LogP contribution in [0.25, 0.3) is 265 Å². The predicted octanol–water partition coefficient (Wildman–Crippen LogP) is 29.5. The summed E-state index contributed by atoms with van der Waals surface area (Å²) in [7, 11) is 0. The molecule has 624 valence electrons. The fraction of sp³-hybridized carbons (Fsp3) is 0.0167. The third kappa shape index (κ3) is 11.8. The second-order valence-corrected chi connectivity index (χ2v) is 34.7. The monoisotopic (exact) mass is 1710 g/mol. The van der Waals surface area contributed by atoms with Crippen molar-refractivity contribution in [3.63, 3.8) is 0 Å². The molecule has 0 fully saturated rings. The van der Waals surface area contributed by atoms with Gasteiger partial charge in [-0.25, -0.2) is 29.9 Å². The zero-order valence-corrected chi connectivity index (χ0v) is 72.5. The number of fused-ring (bicyclic) bond motifs is 16. The van der Waals surface area contributed by atoms with Crippen LogP contribution in [0.2, 0.25) is 0 Å². The van der Waals surface area contributed by atoms with Gasteiger partial charge in [-0.3, -0.25) is 38.2 Å². The molecule has 0 N–H and O–H groups in total. The largest absolute Gasteiger partial charge is 0.294 e. The van der Waals surface area contributed by atoms with E-state index < -0.39 is 0 Å². The lowest BCUT2D eigenvalue weighted by Crippen LogP contribution is -2.01. The lowest BCUT2D eigenvalue weighted by Gasteiger charge is -2.19. The summed E-state index contributed by atoms with van der Waals surface area (Å²) in [6.07, 6.45) is 22.1. The molecule has 0 radical (unpaired) electrons. The van der Waals surface area contributed by atoms with Crippen molar-refractivity contribution in [3.05, 3.63) is 425 Å². The molecule has 0 spiro atoms. The van der Waals surface area contributed by atoms with Crippen LogP contribution in [0.15, 0.2) is 414 Å². The van der Waals surface area contributed by atoms with E-state index in [-0.39, 0.29) is 0 Å². The Balaban J connectivity index is 0.000000137. The van der Waals surface area contributed by atoms with Gasteiger partial charge in [-0.15, -0.1) is 0 Å². The first-order valence-electron chi connectivity index (χ1n) is 45.1. The Kier molecular flexibility index (Phi) is 17.1. The summed E-state index contributed by atoms with van der Waals surface area (Å²) in [6.45, 7) is 4.52. The average molecular weight is 1710 g/mol. The first-order chi connectivity index (χ1) is 66.3. The van der Waals surface area contributed by atoms with Gasteiger partial charge in [0.15, 0.2) is 0 Å². The summed E-state index contributed by atoms with van der Waals surface area (Å²) in [4.78, 5) is 48.0. The van der Waals surface area contributed by atoms with Crippen LogP contribution < -0.4 is 0 Å². The third-order valence-electron chi connectivity index (χ3n) is 27.4. The van der Waals surface area contributed by atoms with Crippen LogP contribution in [-0.4, -0.2) is 68.1 Å². The molecule has 0 unspecified atom stereocenters. The number of benzene rings is 14. The number of pyridine rings is 10. The Morgan fingerprint density at radius 2 is 0.448 bits per heavy atom. The molecule has 14 heterocycles. The molecule has 0 aliphatic carbocycles. The Morgan fingerprint density at radius 3 is 0.731 bits per heavy atom. The van der Waals surface area contributed by atoms with Crippen LogP contribution >= 0.6 is 0 Å². The highest BCUT2D eigenvalue weighted by atomic mass is 15.1. The van der Waals surface area contributed by atoms with E-state index in [4.69, 9.17) is 29.9 Å². The molecule has 0 saturated heterocycles. The maximum absolute atomic E-state index is 5.18. The van der Waals surface area contributed by atoms with Crippen LogP contribution in [0.1, 0.15) is 11.1 Å². The smallest absolute Gasteiger partial charge is 0.145 e. The van der Waals surface area contributed by atoms with Gasteiger partial charge >= 0.3 is 0 Å². The second kappa shape index (κ2) is 30.3. The highest BCUT2D eigenvalue weighted by Gasteiger charge is 2.29. The first kappa shape index (κ1) is 76.0. The average Bonchev–Trinajstić information content (AvgIpc) is 1.54. The molecule has 14 heteroatoms. The van der Waals surface area contributed by atoms with Gasteiger partial charge in [0.25, 0.3) is 0 Å².